The van der Waals surface area contributed by atoms with E-state index in [1.165, 1.54) is 12.8 Å². The average molecular weight is 341 g/mol. The van der Waals surface area contributed by atoms with E-state index < -0.39 is 0 Å². The van der Waals surface area contributed by atoms with Crippen LogP contribution < -0.4 is 5.32 Å². The Morgan fingerprint density at radius 3 is 2.83 bits per heavy atom. The van der Waals surface area contributed by atoms with Crippen molar-refractivity contribution < 1.29 is 19.0 Å². The fourth-order valence-corrected chi connectivity index (χ4v) is 2.89. The number of hydrogen-bond acceptors (Lipinski definition) is 5. The zero-order chi connectivity index (χ0) is 17.8. The highest BCUT2D eigenvalue weighted by Gasteiger charge is 2.20. The van der Waals surface area contributed by atoms with Gasteiger partial charge in [-0.3, -0.25) is 4.79 Å². The molecule has 0 amide bonds. The van der Waals surface area contributed by atoms with Crippen LogP contribution in [0, 0.1) is 5.92 Å². The number of unbranched alkanes of at least 4 members (excludes halogenated alkanes) is 1. The molecule has 5 heteroatoms. The van der Waals surface area contributed by atoms with Gasteiger partial charge in [-0.25, -0.2) is 0 Å². The summed E-state index contributed by atoms with van der Waals surface area (Å²) in [5, 5.41) is 3.08. The molecule has 1 rings (SSSR count). The third-order valence-electron chi connectivity index (χ3n) is 4.38. The van der Waals surface area contributed by atoms with E-state index in [-0.39, 0.29) is 24.7 Å². The van der Waals surface area contributed by atoms with Crippen LogP contribution in [0.3, 0.4) is 0 Å². The molecule has 3 atom stereocenters. The molecule has 0 aromatic rings. The summed E-state index contributed by atoms with van der Waals surface area (Å²) in [6.45, 7) is 12.6. The fourth-order valence-electron chi connectivity index (χ4n) is 2.89. The van der Waals surface area contributed by atoms with Gasteiger partial charge in [-0.05, 0) is 32.1 Å². The summed E-state index contributed by atoms with van der Waals surface area (Å²) < 4.78 is 16.6. The van der Waals surface area contributed by atoms with Crippen molar-refractivity contribution in [1.82, 2.24) is 5.32 Å². The number of esters is 1. The number of carbonyl (C=O) groups excluding carboxylic acids is 1. The minimum atomic E-state index is -0.251. The summed E-state index contributed by atoms with van der Waals surface area (Å²) in [5.74, 6) is 0.230. The summed E-state index contributed by atoms with van der Waals surface area (Å²) in [6, 6.07) is 0. The highest BCUT2D eigenvalue weighted by atomic mass is 16.6. The Bertz CT molecular complexity index is 366. The number of carbonyl (C=O) groups is 1. The zero-order valence-electron chi connectivity index (χ0n) is 15.6. The largest absolute Gasteiger partial charge is 0.459 e. The predicted octanol–water partition coefficient (Wildman–Crippen LogP) is 3.43. The maximum Gasteiger partial charge on any atom is 0.325 e. The predicted molar refractivity (Wildman–Crippen MR) is 95.8 cm³/mol. The Morgan fingerprint density at radius 2 is 2.21 bits per heavy atom. The van der Waals surface area contributed by atoms with Gasteiger partial charge in [0.25, 0.3) is 0 Å². The average Bonchev–Trinajstić information content (AvgIpc) is 2.58. The molecule has 0 aliphatic carbocycles. The Hall–Kier alpha value is -1.07. The summed E-state index contributed by atoms with van der Waals surface area (Å²) in [7, 11) is 0. The quantitative estimate of drug-likeness (QED) is 0.551. The van der Waals surface area contributed by atoms with E-state index in [1.807, 2.05) is 6.92 Å². The molecule has 1 saturated heterocycles. The van der Waals surface area contributed by atoms with Crippen molar-refractivity contribution in [2.75, 3.05) is 26.4 Å². The second-order valence-corrected chi connectivity index (χ2v) is 6.60. The van der Waals surface area contributed by atoms with Crippen LogP contribution in [-0.4, -0.2) is 44.5 Å². The minimum absolute atomic E-state index is 0.105. The number of hydrogen-bond donors (Lipinski definition) is 1. The monoisotopic (exact) mass is 341 g/mol. The summed E-state index contributed by atoms with van der Waals surface area (Å²) >= 11 is 0. The van der Waals surface area contributed by atoms with Gasteiger partial charge in [-0.1, -0.05) is 33.3 Å². The van der Waals surface area contributed by atoms with Crippen LogP contribution in [0.5, 0.6) is 0 Å². The van der Waals surface area contributed by atoms with Crippen LogP contribution in [0.25, 0.3) is 0 Å². The standard InChI is InChI=1S/C19H35NO4/c1-5-7-9-15(3)18(23-6-2)12-16(4)20-13-19(21)24-17-10-8-11-22-14-17/h15,17-18,20H,4-14H2,1-3H3/t15-,17+,18-/m0/s1. The lowest BCUT2D eigenvalue weighted by atomic mass is 9.95. The van der Waals surface area contributed by atoms with Crippen molar-refractivity contribution in [1.29, 1.82) is 0 Å². The van der Waals surface area contributed by atoms with E-state index in [9.17, 15) is 4.79 Å². The van der Waals surface area contributed by atoms with E-state index in [4.69, 9.17) is 14.2 Å². The lowest BCUT2D eigenvalue weighted by Gasteiger charge is -2.25. The molecule has 0 aromatic carbocycles. The third kappa shape index (κ3) is 8.69. The SMILES string of the molecule is C=C(C[C@H](OCC)[C@@H](C)CCCC)NCC(=O)O[C@@H]1CCCOC1. The molecular weight excluding hydrogens is 306 g/mol. The first-order chi connectivity index (χ1) is 11.6. The molecule has 1 N–H and O–H groups in total. The number of ether oxygens (including phenoxy) is 3. The molecule has 0 bridgehead atoms. The highest BCUT2D eigenvalue weighted by molar-refractivity contribution is 5.72. The highest BCUT2D eigenvalue weighted by Crippen LogP contribution is 2.20. The fraction of sp³-hybridized carbons (Fsp3) is 0.842. The van der Waals surface area contributed by atoms with Crippen LogP contribution in [0.4, 0.5) is 0 Å². The Balaban J connectivity index is 2.29. The van der Waals surface area contributed by atoms with Crippen molar-refractivity contribution >= 4 is 5.97 Å². The number of nitrogens with one attached hydrogen (secondary N) is 1. The first-order valence-electron chi connectivity index (χ1n) is 9.37. The van der Waals surface area contributed by atoms with Gasteiger partial charge in [-0.15, -0.1) is 0 Å². The van der Waals surface area contributed by atoms with Gasteiger partial charge >= 0.3 is 5.97 Å². The van der Waals surface area contributed by atoms with E-state index in [1.54, 1.807) is 0 Å². The third-order valence-corrected chi connectivity index (χ3v) is 4.38. The lowest BCUT2D eigenvalue weighted by Crippen LogP contribution is -2.33. The van der Waals surface area contributed by atoms with Crippen molar-refractivity contribution in [3.63, 3.8) is 0 Å². The van der Waals surface area contributed by atoms with Gasteiger partial charge in [0.15, 0.2) is 0 Å². The van der Waals surface area contributed by atoms with Crippen LogP contribution in [0.1, 0.15) is 59.3 Å². The number of rotatable bonds is 12. The molecule has 1 aliphatic rings. The summed E-state index contributed by atoms with van der Waals surface area (Å²) in [6.07, 6.45) is 6.14. The first-order valence-corrected chi connectivity index (χ1v) is 9.37. The Morgan fingerprint density at radius 1 is 1.42 bits per heavy atom. The molecule has 1 heterocycles. The maximum absolute atomic E-state index is 11.9. The molecule has 0 saturated carbocycles. The van der Waals surface area contributed by atoms with Gasteiger partial charge in [0.2, 0.25) is 0 Å². The second kappa shape index (κ2) is 12.3. The van der Waals surface area contributed by atoms with Crippen LogP contribution in [0.2, 0.25) is 0 Å². The minimum Gasteiger partial charge on any atom is -0.459 e. The first kappa shape index (κ1) is 21.0. The Labute approximate surface area is 147 Å². The molecule has 140 valence electrons. The van der Waals surface area contributed by atoms with Gasteiger partial charge in [-0.2, -0.15) is 0 Å². The smallest absolute Gasteiger partial charge is 0.325 e. The van der Waals surface area contributed by atoms with E-state index in [0.29, 0.717) is 19.1 Å². The molecule has 0 radical (unpaired) electrons. The summed E-state index contributed by atoms with van der Waals surface area (Å²) in [5.41, 5.74) is 0.827. The van der Waals surface area contributed by atoms with E-state index >= 15 is 0 Å². The molecule has 0 aromatic heterocycles. The second-order valence-electron chi connectivity index (χ2n) is 6.60. The topological polar surface area (TPSA) is 56.8 Å². The van der Waals surface area contributed by atoms with Crippen molar-refractivity contribution in [2.45, 2.75) is 71.5 Å². The molecule has 24 heavy (non-hydrogen) atoms. The van der Waals surface area contributed by atoms with Crippen molar-refractivity contribution in [2.24, 2.45) is 5.92 Å². The Kier molecular flexibility index (Phi) is 10.8. The van der Waals surface area contributed by atoms with Crippen molar-refractivity contribution in [3.05, 3.63) is 12.3 Å². The van der Waals surface area contributed by atoms with Gasteiger partial charge in [0.05, 0.1) is 12.7 Å². The normalized spacial score (nSPS) is 20.2. The molecule has 0 spiro atoms. The van der Waals surface area contributed by atoms with Crippen LogP contribution >= 0.6 is 0 Å². The van der Waals surface area contributed by atoms with Crippen LogP contribution in [0.15, 0.2) is 12.3 Å². The molecule has 1 fully saturated rings. The zero-order valence-corrected chi connectivity index (χ0v) is 15.6. The van der Waals surface area contributed by atoms with E-state index in [0.717, 1.165) is 38.0 Å². The molecular formula is C19H35NO4. The van der Waals surface area contributed by atoms with E-state index in [2.05, 4.69) is 25.7 Å². The van der Waals surface area contributed by atoms with Crippen molar-refractivity contribution in [3.8, 4) is 0 Å². The molecule has 1 aliphatic heterocycles. The lowest BCUT2D eigenvalue weighted by molar-refractivity contribution is -0.153. The van der Waals surface area contributed by atoms with Gasteiger partial charge in [0.1, 0.15) is 12.6 Å². The van der Waals surface area contributed by atoms with Gasteiger partial charge in [0, 0.05) is 25.3 Å². The van der Waals surface area contributed by atoms with Gasteiger partial charge < -0.3 is 19.5 Å². The van der Waals surface area contributed by atoms with Crippen LogP contribution in [-0.2, 0) is 19.0 Å². The summed E-state index contributed by atoms with van der Waals surface area (Å²) in [4.78, 5) is 11.9. The molecule has 5 nitrogen and oxygen atoms in total. The molecule has 0 unspecified atom stereocenters. The maximum atomic E-state index is 11.9.